The average Bonchev–Trinajstić information content (AvgIpc) is 2.86. The third kappa shape index (κ3) is 1390. The standard InChI is InChI=1S/14ClHO2.11Na.11H/c14*2-1-3;;;;;;;;;;;;;;;;;;;;;;/h14*2H;;;;;;;;;;;;;;;;;;;;;;. The van der Waals surface area contributed by atoms with Crippen LogP contribution in [0.3, 0.4) is 0 Å². The molecule has 53 heteroatoms. The van der Waals surface area contributed by atoms with Crippen molar-refractivity contribution in [2.24, 2.45) is 0 Å². The molecule has 0 aromatic carbocycles. The zero-order valence-corrected chi connectivity index (χ0v) is 27.9. The zero-order chi connectivity index (χ0) is 37.9. The normalized spacial score (nSPS) is 4.75. The Morgan fingerprint density at radius 3 is 0.132 bits per heavy atom. The monoisotopic (exact) mass is 1220 g/mol. The van der Waals surface area contributed by atoms with Crippen molar-refractivity contribution in [2.45, 2.75) is 0 Å². The largest absolute Gasteiger partial charge is 0.506 e. The van der Waals surface area contributed by atoms with Crippen molar-refractivity contribution >= 4 is 325 Å². The summed E-state index contributed by atoms with van der Waals surface area (Å²) in [7, 11) is 0. The van der Waals surface area contributed by atoms with E-state index >= 15 is 0 Å². The topological polar surface area (TPSA) is 606 Å². The molecule has 28 nitrogen and oxygen atoms in total. The zero-order valence-electron chi connectivity index (χ0n) is 17.3. The van der Waals surface area contributed by atoms with Crippen LogP contribution in [-0.4, -0.2) is 390 Å². The van der Waals surface area contributed by atoms with E-state index in [2.05, 4.69) is 0 Å². The predicted octanol–water partition coefficient (Wildman–Crippen LogP) is -31.6. The van der Waals surface area contributed by atoms with Crippen LogP contribution in [0.25, 0.3) is 0 Å². The maximum Gasteiger partial charge on any atom is 0.327 e. The molecule has 0 aromatic rings. The molecule has 0 amide bonds. The number of hydrogen-bond acceptors (Lipinski definition) is 28. The molecule has 0 rings (SSSR count). The Kier molecular flexibility index (Phi) is 1110. The molecular weight excluding hydrogens is 1200 g/mol. The maximum atomic E-state index is 8.35. The first-order chi connectivity index (χ1) is 19.8. The van der Waals surface area contributed by atoms with E-state index in [0.717, 1.165) is 0 Å². The summed E-state index contributed by atoms with van der Waals surface area (Å²) in [6.45, 7) is 0. The van der Waals surface area contributed by atoms with Crippen LogP contribution in [0.5, 0.6) is 0 Å². The molecule has 0 saturated heterocycles. The third-order valence-corrected chi connectivity index (χ3v) is 0. The molecule has 0 radical (unpaired) electrons. The molecule has 0 fully saturated rings. The van der Waals surface area contributed by atoms with Gasteiger partial charge in [0.25, 0.3) is 0 Å². The minimum absolute atomic E-state index is 0. The van der Waals surface area contributed by atoms with E-state index in [1.54, 1.807) is 0 Å². The molecule has 53 heavy (non-hydrogen) atoms. The van der Waals surface area contributed by atoms with Crippen LogP contribution < -0.4 is 65.2 Å². The van der Waals surface area contributed by atoms with Gasteiger partial charge in [-0.15, -0.1) is 65.2 Å². The molecule has 0 unspecified atom stereocenters. The molecule has 0 heterocycles. The molecule has 0 aromatic heterocycles. The van der Waals surface area contributed by atoms with Crippen molar-refractivity contribution in [1.29, 1.82) is 0 Å². The first-order valence-electron chi connectivity index (χ1n) is 4.53. The molecule has 0 bridgehead atoms. The molecular formula is H25Cl14Na11O28. The molecule has 14 N–H and O–H groups in total. The first-order valence-corrected chi connectivity index (χ1v) is 13.6. The summed E-state index contributed by atoms with van der Waals surface area (Å²) in [5.41, 5.74) is 0. The molecule has 0 saturated carbocycles. The van der Waals surface area contributed by atoms with Gasteiger partial charge in [-0.25, -0.2) is 0 Å². The number of halogens is 14. The predicted molar refractivity (Wildman–Crippen MR) is 110 cm³/mol. The van der Waals surface area contributed by atoms with Crippen molar-refractivity contribution in [3.05, 3.63) is 0 Å². The summed E-state index contributed by atoms with van der Waals surface area (Å²) in [4.78, 5) is 0. The summed E-state index contributed by atoms with van der Waals surface area (Å²) >= 11 is -2.33. The third-order valence-electron chi connectivity index (χ3n) is 0. The van der Waals surface area contributed by atoms with Gasteiger partial charge in [0.05, 0.1) is 0 Å². The molecule has 302 valence electrons. The van der Waals surface area contributed by atoms with Crippen LogP contribution in [0.2, 0.25) is 0 Å². The fourth-order valence-electron chi connectivity index (χ4n) is 0. The Morgan fingerprint density at radius 1 is 0.132 bits per heavy atom. The quantitative estimate of drug-likeness (QED) is 0.100. The first kappa shape index (κ1) is 165. The fraction of sp³-hybridized carbons (Fsp3) is 0. The minimum Gasteiger partial charge on any atom is -0.506 e. The van der Waals surface area contributed by atoms with Gasteiger partial charge in [-0.05, 0) is 0 Å². The summed E-state index contributed by atoms with van der Waals surface area (Å²) in [5.74, 6) is 0. The van der Waals surface area contributed by atoms with Crippen LogP contribution in [0.1, 0.15) is 0 Å². The minimum atomic E-state index is -0.167. The summed E-state index contributed by atoms with van der Waals surface area (Å²) in [6, 6.07) is 0. The van der Waals surface area contributed by atoms with Crippen LogP contribution in [-0.2, 0) is 0 Å². The van der Waals surface area contributed by atoms with Crippen LogP contribution in [0.15, 0.2) is 0 Å². The van der Waals surface area contributed by atoms with Gasteiger partial charge in [0.2, 0.25) is 0 Å². The molecule has 0 aliphatic rings. The summed E-state index contributed by atoms with van der Waals surface area (Å²) in [5, 5.41) is 0. The molecule has 0 aliphatic carbocycles. The van der Waals surface area contributed by atoms with Crippen molar-refractivity contribution in [3.8, 4) is 0 Å². The van der Waals surface area contributed by atoms with E-state index in [1.807, 2.05) is 0 Å². The van der Waals surface area contributed by atoms with Gasteiger partial charge in [0, 0.05) is 0 Å². The number of rotatable bonds is 0. The van der Waals surface area contributed by atoms with Gasteiger partial charge < -0.3 is 65.2 Å². The van der Waals surface area contributed by atoms with Crippen LogP contribution in [0, 0.1) is 159 Å². The van der Waals surface area contributed by atoms with Crippen molar-refractivity contribution in [1.82, 2.24) is 0 Å². The summed E-state index contributed by atoms with van der Waals surface area (Å²) < 4.78 is 213. The second-order valence-corrected chi connectivity index (χ2v) is 2.90. The fourth-order valence-corrected chi connectivity index (χ4v) is 0. The van der Waals surface area contributed by atoms with Crippen molar-refractivity contribution < 1.29 is 289 Å². The maximum absolute atomic E-state index is 8.35. The SMILES string of the molecule is [NaH].[NaH].[NaH].[NaH].[NaH].[NaH].[NaH].[NaH].[NaH].[NaH].[NaH].[O-][Cl+]O.[O-][Cl+]O.[O-][Cl+]O.[O-][Cl+]O.[O-][Cl+]O.[O-][Cl+]O.[O-][Cl+]O.[O-][Cl+]O.[O-][Cl+]O.[O-][Cl+]O.[O-][Cl+]O.[O-][Cl+]O.[O-][Cl+]O.[O-][Cl+]O. The van der Waals surface area contributed by atoms with Gasteiger partial charge in [0.15, 0.2) is 0 Å². The van der Waals surface area contributed by atoms with Gasteiger partial charge >= 0.3 is 484 Å². The van der Waals surface area contributed by atoms with Crippen molar-refractivity contribution in [2.75, 3.05) is 0 Å². The second-order valence-electron chi connectivity index (χ2n) is 0.966. The van der Waals surface area contributed by atoms with E-state index in [0.29, 0.717) is 0 Å². The van der Waals surface area contributed by atoms with E-state index in [1.165, 1.54) is 0 Å². The Morgan fingerprint density at radius 2 is 0.132 bits per heavy atom. The van der Waals surface area contributed by atoms with E-state index < -0.39 is 0 Å². The van der Waals surface area contributed by atoms with Gasteiger partial charge in [0.1, 0.15) is 0 Å². The van der Waals surface area contributed by atoms with E-state index in [9.17, 15) is 0 Å². The molecule has 0 aliphatic heterocycles. The molecule has 0 spiro atoms. The average molecular weight is 1220 g/mol. The van der Waals surface area contributed by atoms with Crippen LogP contribution in [0.4, 0.5) is 0 Å². The van der Waals surface area contributed by atoms with Gasteiger partial charge in [-0.3, -0.25) is 0 Å². The van der Waals surface area contributed by atoms with Gasteiger partial charge in [-0.2, -0.15) is 0 Å². The van der Waals surface area contributed by atoms with Gasteiger partial charge in [-0.1, -0.05) is 0 Å². The number of hydrogen-bond donors (Lipinski definition) is 14. The van der Waals surface area contributed by atoms with Crippen LogP contribution >= 0.6 is 0 Å². The molecule has 0 atom stereocenters. The Bertz CT molecular complexity index is 131. The van der Waals surface area contributed by atoms with Crippen molar-refractivity contribution in [3.63, 3.8) is 0 Å². The smallest absolute Gasteiger partial charge is 0.327 e. The van der Waals surface area contributed by atoms with E-state index in [-0.39, 0.29) is 484 Å². The summed E-state index contributed by atoms with van der Waals surface area (Å²) in [6.07, 6.45) is 0. The Hall–Kier alpha value is 13.9. The second kappa shape index (κ2) is 356. The Labute approximate surface area is 599 Å². The van der Waals surface area contributed by atoms with E-state index in [4.69, 9.17) is 130 Å². The Balaban J connectivity index is -0.00000000682.